The second-order valence-corrected chi connectivity index (χ2v) is 6.14. The third-order valence-corrected chi connectivity index (χ3v) is 4.39. The average molecular weight is 350 g/mol. The Hall–Kier alpha value is -2.81. The van der Waals surface area contributed by atoms with Gasteiger partial charge in [0.15, 0.2) is 12.4 Å². The van der Waals surface area contributed by atoms with Crippen LogP contribution in [0.15, 0.2) is 12.1 Å². The summed E-state index contributed by atoms with van der Waals surface area (Å²) in [5, 5.41) is 10.4. The number of nitro groups is 1. The van der Waals surface area contributed by atoms with Crippen LogP contribution < -0.4 is 0 Å². The number of ketones is 2. The number of aryl methyl sites for hydroxylation is 1. The van der Waals surface area contributed by atoms with Crippen LogP contribution in [0.25, 0.3) is 0 Å². The van der Waals surface area contributed by atoms with Gasteiger partial charge in [-0.15, -0.1) is 0 Å². The molecule has 24 heavy (non-hydrogen) atoms. The number of carbonyl (C=O) groups is 3. The van der Waals surface area contributed by atoms with Crippen molar-refractivity contribution in [2.45, 2.75) is 20.8 Å². The maximum Gasteiger partial charge on any atom is 0.349 e. The number of thiophene rings is 1. The molecule has 0 aliphatic carbocycles. The summed E-state index contributed by atoms with van der Waals surface area (Å²) in [6, 6.07) is 2.47. The van der Waals surface area contributed by atoms with Crippen molar-refractivity contribution in [3.05, 3.63) is 49.6 Å². The fourth-order valence-corrected chi connectivity index (χ4v) is 3.08. The second kappa shape index (κ2) is 6.75. The zero-order valence-electron chi connectivity index (χ0n) is 13.2. The standard InChI is InChI=1S/C15H14N2O6S/c1-7-13(9(3)18)8(2)16-14(7)10(19)6-23-15(20)11-4-5-12(24-11)17(21)22/h4-5,16H,6H2,1-3H3. The average Bonchev–Trinajstić information content (AvgIpc) is 3.09. The molecule has 0 aliphatic heterocycles. The summed E-state index contributed by atoms with van der Waals surface area (Å²) in [4.78, 5) is 48.4. The summed E-state index contributed by atoms with van der Waals surface area (Å²) in [6.45, 7) is 4.19. The van der Waals surface area contributed by atoms with E-state index in [4.69, 9.17) is 4.74 Å². The van der Waals surface area contributed by atoms with Crippen molar-refractivity contribution in [3.8, 4) is 0 Å². The minimum Gasteiger partial charge on any atom is -0.453 e. The summed E-state index contributed by atoms with van der Waals surface area (Å²) in [5.41, 5.74) is 1.73. The Bertz CT molecular complexity index is 848. The van der Waals surface area contributed by atoms with E-state index in [1.165, 1.54) is 19.1 Å². The highest BCUT2D eigenvalue weighted by Gasteiger charge is 2.22. The van der Waals surface area contributed by atoms with Crippen LogP contribution in [0.4, 0.5) is 5.00 Å². The lowest BCUT2D eigenvalue weighted by Crippen LogP contribution is -2.15. The molecule has 0 aromatic carbocycles. The van der Waals surface area contributed by atoms with Gasteiger partial charge >= 0.3 is 11.0 Å². The van der Waals surface area contributed by atoms with Gasteiger partial charge in [0.05, 0.1) is 10.6 Å². The molecule has 0 amide bonds. The van der Waals surface area contributed by atoms with Gasteiger partial charge in [0.1, 0.15) is 4.88 Å². The van der Waals surface area contributed by atoms with Crippen LogP contribution in [0, 0.1) is 24.0 Å². The van der Waals surface area contributed by atoms with Gasteiger partial charge in [-0.05, 0) is 32.4 Å². The number of aromatic nitrogens is 1. The van der Waals surface area contributed by atoms with Crippen molar-refractivity contribution >= 4 is 33.9 Å². The highest BCUT2D eigenvalue weighted by Crippen LogP contribution is 2.24. The van der Waals surface area contributed by atoms with E-state index in [1.54, 1.807) is 13.8 Å². The first-order valence-corrected chi connectivity index (χ1v) is 7.68. The molecule has 2 aromatic rings. The quantitative estimate of drug-likeness (QED) is 0.370. The van der Waals surface area contributed by atoms with Crippen molar-refractivity contribution in [2.24, 2.45) is 0 Å². The molecule has 0 saturated carbocycles. The first-order chi connectivity index (χ1) is 11.2. The van der Waals surface area contributed by atoms with Crippen molar-refractivity contribution in [1.29, 1.82) is 0 Å². The molecule has 9 heteroatoms. The lowest BCUT2D eigenvalue weighted by molar-refractivity contribution is -0.380. The second-order valence-electron chi connectivity index (χ2n) is 5.08. The largest absolute Gasteiger partial charge is 0.453 e. The van der Waals surface area contributed by atoms with Gasteiger partial charge in [0.25, 0.3) is 0 Å². The molecule has 2 heterocycles. The molecule has 126 valence electrons. The number of rotatable bonds is 6. The number of nitrogens with one attached hydrogen (secondary N) is 1. The molecular weight excluding hydrogens is 336 g/mol. The molecule has 0 fully saturated rings. The predicted molar refractivity (Wildman–Crippen MR) is 85.9 cm³/mol. The van der Waals surface area contributed by atoms with Gasteiger partial charge in [-0.1, -0.05) is 11.3 Å². The minimum absolute atomic E-state index is 0.0401. The van der Waals surface area contributed by atoms with Crippen molar-refractivity contribution < 1.29 is 24.0 Å². The Morgan fingerprint density at radius 2 is 1.96 bits per heavy atom. The Morgan fingerprint density at radius 1 is 1.29 bits per heavy atom. The first-order valence-electron chi connectivity index (χ1n) is 6.87. The van der Waals surface area contributed by atoms with Crippen LogP contribution >= 0.6 is 11.3 Å². The van der Waals surface area contributed by atoms with E-state index < -0.39 is 23.3 Å². The smallest absolute Gasteiger partial charge is 0.349 e. The van der Waals surface area contributed by atoms with Gasteiger partial charge in [0, 0.05) is 17.3 Å². The molecule has 2 aromatic heterocycles. The van der Waals surface area contributed by atoms with Gasteiger partial charge in [-0.25, -0.2) is 4.79 Å². The molecule has 0 bridgehead atoms. The maximum absolute atomic E-state index is 12.2. The Morgan fingerprint density at radius 3 is 2.46 bits per heavy atom. The number of hydrogen-bond donors (Lipinski definition) is 1. The molecule has 0 aliphatic rings. The number of hydrogen-bond acceptors (Lipinski definition) is 7. The monoisotopic (exact) mass is 350 g/mol. The van der Waals surface area contributed by atoms with Crippen molar-refractivity contribution in [3.63, 3.8) is 0 Å². The van der Waals surface area contributed by atoms with Crippen molar-refractivity contribution in [1.82, 2.24) is 4.98 Å². The summed E-state index contributed by atoms with van der Waals surface area (Å²) in [5.74, 6) is -1.46. The highest BCUT2D eigenvalue weighted by molar-refractivity contribution is 7.17. The minimum atomic E-state index is -0.811. The van der Waals surface area contributed by atoms with Gasteiger partial charge < -0.3 is 9.72 Å². The van der Waals surface area contributed by atoms with Crippen LogP contribution in [0.2, 0.25) is 0 Å². The number of carbonyl (C=O) groups excluding carboxylic acids is 3. The van der Waals surface area contributed by atoms with E-state index in [-0.39, 0.29) is 21.4 Å². The van der Waals surface area contributed by atoms with E-state index >= 15 is 0 Å². The van der Waals surface area contributed by atoms with Crippen LogP contribution in [0.5, 0.6) is 0 Å². The number of H-pyrrole nitrogens is 1. The third-order valence-electron chi connectivity index (χ3n) is 3.38. The highest BCUT2D eigenvalue weighted by atomic mass is 32.1. The molecule has 2 rings (SSSR count). The number of aromatic amines is 1. The lowest BCUT2D eigenvalue weighted by atomic mass is 10.1. The molecule has 0 spiro atoms. The molecule has 0 radical (unpaired) electrons. The van der Waals surface area contributed by atoms with Crippen LogP contribution in [-0.4, -0.2) is 34.0 Å². The van der Waals surface area contributed by atoms with E-state index in [1.807, 2.05) is 0 Å². The zero-order valence-corrected chi connectivity index (χ0v) is 14.0. The van der Waals surface area contributed by atoms with E-state index in [0.717, 1.165) is 0 Å². The summed E-state index contributed by atoms with van der Waals surface area (Å²) in [7, 11) is 0. The van der Waals surface area contributed by atoms with Crippen LogP contribution in [0.3, 0.4) is 0 Å². The van der Waals surface area contributed by atoms with E-state index in [2.05, 4.69) is 4.98 Å². The fraction of sp³-hybridized carbons (Fsp3) is 0.267. The molecular formula is C15H14N2O6S. The molecule has 1 N–H and O–H groups in total. The van der Waals surface area contributed by atoms with Crippen LogP contribution in [-0.2, 0) is 4.74 Å². The van der Waals surface area contributed by atoms with Gasteiger partial charge in [0.2, 0.25) is 5.78 Å². The topological polar surface area (TPSA) is 119 Å². The lowest BCUT2D eigenvalue weighted by Gasteiger charge is -2.02. The molecule has 8 nitrogen and oxygen atoms in total. The maximum atomic E-state index is 12.2. The fourth-order valence-electron chi connectivity index (χ4n) is 2.37. The number of nitrogens with zero attached hydrogens (tertiary/aromatic N) is 1. The summed E-state index contributed by atoms with van der Waals surface area (Å²) in [6.07, 6.45) is 0. The first kappa shape index (κ1) is 17.5. The Balaban J connectivity index is 2.08. The van der Waals surface area contributed by atoms with Crippen molar-refractivity contribution in [2.75, 3.05) is 6.61 Å². The Kier molecular flexibility index (Phi) is 4.93. The summed E-state index contributed by atoms with van der Waals surface area (Å²) < 4.78 is 4.90. The number of ether oxygens (including phenoxy) is 1. The third kappa shape index (κ3) is 3.40. The van der Waals surface area contributed by atoms with Crippen LogP contribution in [0.1, 0.15) is 48.7 Å². The molecule has 0 saturated heterocycles. The van der Waals surface area contributed by atoms with E-state index in [0.29, 0.717) is 28.2 Å². The molecule has 0 unspecified atom stereocenters. The summed E-state index contributed by atoms with van der Waals surface area (Å²) >= 11 is 0.673. The SMILES string of the molecule is CC(=O)c1c(C)[nH]c(C(=O)COC(=O)c2ccc([N+](=O)[O-])s2)c1C. The number of Topliss-reactive ketones (excluding diaryl/α,β-unsaturated/α-hetero) is 2. The normalized spacial score (nSPS) is 10.5. The van der Waals surface area contributed by atoms with Gasteiger partial charge in [-0.3, -0.25) is 19.7 Å². The predicted octanol–water partition coefficient (Wildman–Crippen LogP) is 2.84. The van der Waals surface area contributed by atoms with Gasteiger partial charge in [-0.2, -0.15) is 0 Å². The number of esters is 1. The Labute approximate surface area is 140 Å². The van der Waals surface area contributed by atoms with E-state index in [9.17, 15) is 24.5 Å². The zero-order chi connectivity index (χ0) is 18.0. The molecule has 0 atom stereocenters.